The molecule has 0 saturated carbocycles. The van der Waals surface area contributed by atoms with Crippen molar-refractivity contribution < 1.29 is 9.90 Å². The molecule has 1 heterocycles. The monoisotopic (exact) mass is 206 g/mol. The predicted molar refractivity (Wildman–Crippen MR) is 58.3 cm³/mol. The summed E-state index contributed by atoms with van der Waals surface area (Å²) in [6, 6.07) is 8.17. The Morgan fingerprint density at radius 2 is 2.33 bits per heavy atom. The number of carbonyl (C=O) groups is 1. The fourth-order valence-electron chi connectivity index (χ4n) is 1.97. The second-order valence-corrected chi connectivity index (χ2v) is 3.69. The molecule has 0 spiro atoms. The first-order valence-corrected chi connectivity index (χ1v) is 5.07. The van der Waals surface area contributed by atoms with Crippen LogP contribution in [0.5, 0.6) is 0 Å². The molecule has 4 heteroatoms. The van der Waals surface area contributed by atoms with E-state index in [9.17, 15) is 4.79 Å². The first kappa shape index (κ1) is 9.83. The van der Waals surface area contributed by atoms with Crippen LogP contribution in [0.3, 0.4) is 0 Å². The number of para-hydroxylation sites is 1. The minimum atomic E-state index is -0.950. The molecule has 1 aromatic rings. The maximum atomic E-state index is 10.3. The van der Waals surface area contributed by atoms with E-state index in [1.807, 2.05) is 12.1 Å². The molecule has 0 aromatic heterocycles. The molecule has 0 bridgehead atoms. The Morgan fingerprint density at radius 3 is 3.13 bits per heavy atom. The Bertz CT molecular complexity index is 365. The molecule has 15 heavy (non-hydrogen) atoms. The van der Waals surface area contributed by atoms with Crippen molar-refractivity contribution in [2.75, 3.05) is 18.4 Å². The van der Waals surface area contributed by atoms with Gasteiger partial charge in [-0.2, -0.15) is 0 Å². The van der Waals surface area contributed by atoms with Gasteiger partial charge in [-0.15, -0.1) is 0 Å². The van der Waals surface area contributed by atoms with E-state index in [0.717, 1.165) is 13.0 Å². The Balaban J connectivity index is 1.93. The number of rotatable bonds is 3. The SMILES string of the molecule is O=C(O)NCCC1CNc2ccccc21. The molecule has 2 rings (SSSR count). The van der Waals surface area contributed by atoms with Crippen molar-refractivity contribution in [1.29, 1.82) is 0 Å². The molecule has 4 nitrogen and oxygen atoms in total. The van der Waals surface area contributed by atoms with E-state index in [2.05, 4.69) is 22.8 Å². The molecule has 1 aromatic carbocycles. The highest BCUT2D eigenvalue weighted by Gasteiger charge is 2.20. The quantitative estimate of drug-likeness (QED) is 0.707. The van der Waals surface area contributed by atoms with Crippen LogP contribution in [0.2, 0.25) is 0 Å². The summed E-state index contributed by atoms with van der Waals surface area (Å²) in [4.78, 5) is 10.3. The molecule has 1 aliphatic rings. The average Bonchev–Trinajstić information content (AvgIpc) is 2.62. The zero-order valence-corrected chi connectivity index (χ0v) is 8.36. The maximum Gasteiger partial charge on any atom is 0.404 e. The van der Waals surface area contributed by atoms with Crippen molar-refractivity contribution in [1.82, 2.24) is 5.32 Å². The number of hydrogen-bond donors (Lipinski definition) is 3. The van der Waals surface area contributed by atoms with Gasteiger partial charge in [-0.1, -0.05) is 18.2 Å². The first-order chi connectivity index (χ1) is 7.27. The van der Waals surface area contributed by atoms with Gasteiger partial charge < -0.3 is 15.7 Å². The van der Waals surface area contributed by atoms with Crippen LogP contribution in [-0.4, -0.2) is 24.3 Å². The molecule has 0 radical (unpaired) electrons. The number of amides is 1. The van der Waals surface area contributed by atoms with Gasteiger partial charge in [0.05, 0.1) is 0 Å². The highest BCUT2D eigenvalue weighted by atomic mass is 16.4. The van der Waals surface area contributed by atoms with Crippen molar-refractivity contribution in [2.45, 2.75) is 12.3 Å². The first-order valence-electron chi connectivity index (χ1n) is 5.07. The summed E-state index contributed by atoms with van der Waals surface area (Å²) < 4.78 is 0. The molecular formula is C11H14N2O2. The minimum Gasteiger partial charge on any atom is -0.465 e. The molecule has 0 saturated heterocycles. The number of benzene rings is 1. The Morgan fingerprint density at radius 1 is 1.53 bits per heavy atom. The number of fused-ring (bicyclic) bond motifs is 1. The van der Waals surface area contributed by atoms with Crippen LogP contribution in [0, 0.1) is 0 Å². The lowest BCUT2D eigenvalue weighted by Gasteiger charge is -2.09. The van der Waals surface area contributed by atoms with Gasteiger partial charge in [-0.25, -0.2) is 4.79 Å². The van der Waals surface area contributed by atoms with Crippen molar-refractivity contribution >= 4 is 11.8 Å². The van der Waals surface area contributed by atoms with Crippen molar-refractivity contribution in [2.24, 2.45) is 0 Å². The molecular weight excluding hydrogens is 192 g/mol. The summed E-state index contributed by atoms with van der Waals surface area (Å²) >= 11 is 0. The van der Waals surface area contributed by atoms with Gasteiger partial charge in [0.25, 0.3) is 0 Å². The van der Waals surface area contributed by atoms with E-state index in [1.165, 1.54) is 11.3 Å². The third-order valence-electron chi connectivity index (χ3n) is 2.71. The van der Waals surface area contributed by atoms with Crippen molar-refractivity contribution in [3.63, 3.8) is 0 Å². The molecule has 1 aliphatic heterocycles. The summed E-state index contributed by atoms with van der Waals surface area (Å²) in [6.07, 6.45) is -0.106. The van der Waals surface area contributed by atoms with E-state index < -0.39 is 6.09 Å². The molecule has 1 atom stereocenters. The zero-order valence-electron chi connectivity index (χ0n) is 8.36. The minimum absolute atomic E-state index is 0.424. The van der Waals surface area contributed by atoms with E-state index in [4.69, 9.17) is 5.11 Å². The Kier molecular flexibility index (Phi) is 2.76. The zero-order chi connectivity index (χ0) is 10.7. The summed E-state index contributed by atoms with van der Waals surface area (Å²) in [5.74, 6) is 0.424. The van der Waals surface area contributed by atoms with Crippen LogP contribution < -0.4 is 10.6 Å². The van der Waals surface area contributed by atoms with Gasteiger partial charge in [0, 0.05) is 24.7 Å². The van der Waals surface area contributed by atoms with E-state index in [0.29, 0.717) is 12.5 Å². The van der Waals surface area contributed by atoms with E-state index >= 15 is 0 Å². The van der Waals surface area contributed by atoms with E-state index in [-0.39, 0.29) is 0 Å². The highest BCUT2D eigenvalue weighted by molar-refractivity contribution is 5.64. The van der Waals surface area contributed by atoms with Gasteiger partial charge in [0.2, 0.25) is 0 Å². The second kappa shape index (κ2) is 4.21. The largest absolute Gasteiger partial charge is 0.465 e. The Labute approximate surface area is 88.3 Å². The number of carboxylic acid groups (broad SMARTS) is 1. The lowest BCUT2D eigenvalue weighted by atomic mass is 9.98. The van der Waals surface area contributed by atoms with Crippen molar-refractivity contribution in [3.05, 3.63) is 29.8 Å². The van der Waals surface area contributed by atoms with Crippen LogP contribution >= 0.6 is 0 Å². The molecule has 0 fully saturated rings. The topological polar surface area (TPSA) is 61.4 Å². The van der Waals surface area contributed by atoms with Gasteiger partial charge >= 0.3 is 6.09 Å². The standard InChI is InChI=1S/C11H14N2O2/c14-11(15)12-6-5-8-7-13-10-4-2-1-3-9(8)10/h1-4,8,12-13H,5-7H2,(H,14,15). The molecule has 3 N–H and O–H groups in total. The average molecular weight is 206 g/mol. The molecule has 1 unspecified atom stereocenters. The van der Waals surface area contributed by atoms with Crippen molar-refractivity contribution in [3.8, 4) is 0 Å². The normalized spacial score (nSPS) is 18.0. The van der Waals surface area contributed by atoms with Gasteiger partial charge in [0.1, 0.15) is 0 Å². The van der Waals surface area contributed by atoms with Gasteiger partial charge in [-0.05, 0) is 18.1 Å². The maximum absolute atomic E-state index is 10.3. The van der Waals surface area contributed by atoms with Crippen LogP contribution in [0.1, 0.15) is 17.9 Å². The lowest BCUT2D eigenvalue weighted by molar-refractivity contribution is 0.194. The fraction of sp³-hybridized carbons (Fsp3) is 0.364. The lowest BCUT2D eigenvalue weighted by Crippen LogP contribution is -2.23. The summed E-state index contributed by atoms with van der Waals surface area (Å²) in [5.41, 5.74) is 2.47. The molecule has 1 amide bonds. The summed E-state index contributed by atoms with van der Waals surface area (Å²) in [6.45, 7) is 1.41. The van der Waals surface area contributed by atoms with Crippen LogP contribution in [-0.2, 0) is 0 Å². The van der Waals surface area contributed by atoms with E-state index in [1.54, 1.807) is 0 Å². The fourth-order valence-corrected chi connectivity index (χ4v) is 1.97. The smallest absolute Gasteiger partial charge is 0.404 e. The number of anilines is 1. The highest BCUT2D eigenvalue weighted by Crippen LogP contribution is 2.32. The molecule has 0 aliphatic carbocycles. The molecule has 80 valence electrons. The number of hydrogen-bond acceptors (Lipinski definition) is 2. The van der Waals surface area contributed by atoms with Crippen LogP contribution in [0.15, 0.2) is 24.3 Å². The Hall–Kier alpha value is -1.71. The predicted octanol–water partition coefficient (Wildman–Crippen LogP) is 1.85. The van der Waals surface area contributed by atoms with Gasteiger partial charge in [0.15, 0.2) is 0 Å². The summed E-state index contributed by atoms with van der Waals surface area (Å²) in [7, 11) is 0. The van der Waals surface area contributed by atoms with Crippen LogP contribution in [0.25, 0.3) is 0 Å². The van der Waals surface area contributed by atoms with Gasteiger partial charge in [-0.3, -0.25) is 0 Å². The van der Waals surface area contributed by atoms with Crippen LogP contribution in [0.4, 0.5) is 10.5 Å². The summed E-state index contributed by atoms with van der Waals surface area (Å²) in [5, 5.41) is 14.2. The third-order valence-corrected chi connectivity index (χ3v) is 2.71. The third kappa shape index (κ3) is 2.21. The number of nitrogens with one attached hydrogen (secondary N) is 2. The second-order valence-electron chi connectivity index (χ2n) is 3.69.